The third-order valence-corrected chi connectivity index (χ3v) is 3.64. The van der Waals surface area contributed by atoms with E-state index in [4.69, 9.17) is 22.7 Å². The monoisotopic (exact) mass is 200 g/mol. The van der Waals surface area contributed by atoms with E-state index in [1.807, 2.05) is 0 Å². The zero-order valence-corrected chi connectivity index (χ0v) is 8.53. The maximum Gasteiger partial charge on any atom is 0.109 e. The molecule has 3 N–H and O–H groups in total. The first-order chi connectivity index (χ1) is 6.23. The summed E-state index contributed by atoms with van der Waals surface area (Å²) in [6.45, 7) is 1.77. The Morgan fingerprint density at radius 2 is 2.38 bits per heavy atom. The first kappa shape index (κ1) is 9.37. The summed E-state index contributed by atoms with van der Waals surface area (Å²) in [6.07, 6.45) is 4.68. The predicted molar refractivity (Wildman–Crippen MR) is 55.4 cm³/mol. The molecule has 1 saturated heterocycles. The highest BCUT2D eigenvalue weighted by Gasteiger charge is 2.42. The Bertz CT molecular complexity index is 210. The van der Waals surface area contributed by atoms with Gasteiger partial charge in [0.1, 0.15) is 6.23 Å². The number of nitrogens with one attached hydrogen (secondary N) is 1. The largest absolute Gasteiger partial charge is 0.393 e. The van der Waals surface area contributed by atoms with Gasteiger partial charge in [0.15, 0.2) is 0 Å². The van der Waals surface area contributed by atoms with Crippen molar-refractivity contribution in [3.05, 3.63) is 0 Å². The highest BCUT2D eigenvalue weighted by Crippen LogP contribution is 2.45. The third kappa shape index (κ3) is 1.71. The summed E-state index contributed by atoms with van der Waals surface area (Å²) >= 11 is 5.11. The van der Waals surface area contributed by atoms with Gasteiger partial charge in [-0.05, 0) is 19.3 Å². The standard InChI is InChI=1S/C9H16N2OS/c10-8(13)9(2-1-3-9)6-7-11-4-5-12-7/h7,11H,1-6H2,(H2,10,13). The first-order valence-electron chi connectivity index (χ1n) is 4.88. The van der Waals surface area contributed by atoms with Crippen molar-refractivity contribution in [2.45, 2.75) is 31.9 Å². The molecular weight excluding hydrogens is 184 g/mol. The molecule has 2 aliphatic rings. The number of hydrogen-bond donors (Lipinski definition) is 2. The SMILES string of the molecule is NC(=S)C1(CC2NCCO2)CCC1. The van der Waals surface area contributed by atoms with Crippen LogP contribution in [0.2, 0.25) is 0 Å². The van der Waals surface area contributed by atoms with Crippen LogP contribution in [0.25, 0.3) is 0 Å². The van der Waals surface area contributed by atoms with Gasteiger partial charge in [-0.1, -0.05) is 18.6 Å². The zero-order chi connectivity index (χ0) is 9.31. The predicted octanol–water partition coefficient (Wildman–Crippen LogP) is 0.779. The summed E-state index contributed by atoms with van der Waals surface area (Å²) in [5, 5.41) is 3.30. The van der Waals surface area contributed by atoms with Crippen LogP contribution in [-0.4, -0.2) is 24.4 Å². The smallest absolute Gasteiger partial charge is 0.109 e. The fourth-order valence-corrected chi connectivity index (χ4v) is 2.41. The summed E-state index contributed by atoms with van der Waals surface area (Å²) in [4.78, 5) is 0.677. The van der Waals surface area contributed by atoms with Gasteiger partial charge in [-0.25, -0.2) is 0 Å². The fourth-order valence-electron chi connectivity index (χ4n) is 2.12. The van der Waals surface area contributed by atoms with Crippen LogP contribution < -0.4 is 11.1 Å². The van der Waals surface area contributed by atoms with Crippen LogP contribution in [0.4, 0.5) is 0 Å². The van der Waals surface area contributed by atoms with Crippen LogP contribution in [0.3, 0.4) is 0 Å². The van der Waals surface area contributed by atoms with E-state index in [1.165, 1.54) is 6.42 Å². The van der Waals surface area contributed by atoms with Crippen LogP contribution in [0.1, 0.15) is 25.7 Å². The lowest BCUT2D eigenvalue weighted by molar-refractivity contribution is 0.0475. The van der Waals surface area contributed by atoms with E-state index in [9.17, 15) is 0 Å². The molecule has 1 unspecified atom stereocenters. The third-order valence-electron chi connectivity index (χ3n) is 3.20. The van der Waals surface area contributed by atoms with Crippen molar-refractivity contribution in [1.82, 2.24) is 5.32 Å². The highest BCUT2D eigenvalue weighted by atomic mass is 32.1. The molecule has 4 heteroatoms. The molecule has 74 valence electrons. The van der Waals surface area contributed by atoms with Crippen LogP contribution in [0.5, 0.6) is 0 Å². The average Bonchev–Trinajstić information content (AvgIpc) is 2.47. The Morgan fingerprint density at radius 1 is 1.62 bits per heavy atom. The minimum atomic E-state index is 0.108. The molecule has 0 amide bonds. The molecule has 0 radical (unpaired) electrons. The lowest BCUT2D eigenvalue weighted by Gasteiger charge is -2.42. The second kappa shape index (κ2) is 3.52. The maximum atomic E-state index is 5.76. The van der Waals surface area contributed by atoms with Gasteiger partial charge in [-0.2, -0.15) is 0 Å². The molecule has 2 rings (SSSR count). The topological polar surface area (TPSA) is 47.3 Å². The quantitative estimate of drug-likeness (QED) is 0.661. The van der Waals surface area contributed by atoms with E-state index in [2.05, 4.69) is 5.32 Å². The number of nitrogens with two attached hydrogens (primary N) is 1. The number of rotatable bonds is 3. The van der Waals surface area contributed by atoms with Gasteiger partial charge in [0.2, 0.25) is 0 Å². The van der Waals surface area contributed by atoms with Crippen LogP contribution in [0.15, 0.2) is 0 Å². The number of ether oxygens (including phenoxy) is 1. The first-order valence-corrected chi connectivity index (χ1v) is 5.29. The van der Waals surface area contributed by atoms with Gasteiger partial charge in [0.25, 0.3) is 0 Å². The minimum Gasteiger partial charge on any atom is -0.393 e. The molecule has 13 heavy (non-hydrogen) atoms. The molecule has 1 saturated carbocycles. The van der Waals surface area contributed by atoms with Crippen molar-refractivity contribution >= 4 is 17.2 Å². The van der Waals surface area contributed by atoms with E-state index in [-0.39, 0.29) is 11.6 Å². The Hall–Kier alpha value is -0.190. The van der Waals surface area contributed by atoms with Crippen molar-refractivity contribution in [2.75, 3.05) is 13.2 Å². The van der Waals surface area contributed by atoms with E-state index in [0.717, 1.165) is 32.4 Å². The zero-order valence-electron chi connectivity index (χ0n) is 7.71. The van der Waals surface area contributed by atoms with Gasteiger partial charge < -0.3 is 10.5 Å². The molecule has 3 nitrogen and oxygen atoms in total. The summed E-state index contributed by atoms with van der Waals surface area (Å²) in [6, 6.07) is 0. The molecular formula is C9H16N2OS. The van der Waals surface area contributed by atoms with E-state index >= 15 is 0 Å². The van der Waals surface area contributed by atoms with Crippen molar-refractivity contribution in [3.63, 3.8) is 0 Å². The molecule has 0 bridgehead atoms. The molecule has 0 aromatic carbocycles. The van der Waals surface area contributed by atoms with Crippen molar-refractivity contribution in [2.24, 2.45) is 11.1 Å². The van der Waals surface area contributed by atoms with Gasteiger partial charge in [0.05, 0.1) is 11.6 Å². The van der Waals surface area contributed by atoms with Crippen LogP contribution in [-0.2, 0) is 4.74 Å². The summed E-state index contributed by atoms with van der Waals surface area (Å²) in [5.41, 5.74) is 5.87. The van der Waals surface area contributed by atoms with Crippen molar-refractivity contribution in [3.8, 4) is 0 Å². The van der Waals surface area contributed by atoms with Gasteiger partial charge in [-0.15, -0.1) is 0 Å². The Labute approximate surface area is 84.0 Å². The normalized spacial score (nSPS) is 31.2. The molecule has 1 aliphatic carbocycles. The summed E-state index contributed by atoms with van der Waals surface area (Å²) in [7, 11) is 0. The minimum absolute atomic E-state index is 0.108. The molecule has 1 aliphatic heterocycles. The number of thiocarbonyl (C=S) groups is 1. The molecule has 1 atom stereocenters. The highest BCUT2D eigenvalue weighted by molar-refractivity contribution is 7.80. The van der Waals surface area contributed by atoms with Gasteiger partial charge in [0, 0.05) is 12.0 Å². The summed E-state index contributed by atoms with van der Waals surface area (Å²) in [5.74, 6) is 0. The van der Waals surface area contributed by atoms with Crippen LogP contribution in [0, 0.1) is 5.41 Å². The van der Waals surface area contributed by atoms with E-state index in [0.29, 0.717) is 4.99 Å². The Morgan fingerprint density at radius 3 is 2.77 bits per heavy atom. The Balaban J connectivity index is 1.93. The van der Waals surface area contributed by atoms with E-state index in [1.54, 1.807) is 0 Å². The number of hydrogen-bond acceptors (Lipinski definition) is 3. The molecule has 1 heterocycles. The fraction of sp³-hybridized carbons (Fsp3) is 0.889. The summed E-state index contributed by atoms with van der Waals surface area (Å²) < 4.78 is 5.51. The van der Waals surface area contributed by atoms with E-state index < -0.39 is 0 Å². The lowest BCUT2D eigenvalue weighted by Crippen LogP contribution is -2.45. The molecule has 0 aromatic heterocycles. The average molecular weight is 200 g/mol. The molecule has 0 aromatic rings. The second-order valence-corrected chi connectivity index (χ2v) is 4.46. The maximum absolute atomic E-state index is 5.76. The van der Waals surface area contributed by atoms with Gasteiger partial charge >= 0.3 is 0 Å². The van der Waals surface area contributed by atoms with Crippen molar-refractivity contribution < 1.29 is 4.74 Å². The van der Waals surface area contributed by atoms with Crippen LogP contribution >= 0.6 is 12.2 Å². The molecule has 2 fully saturated rings. The van der Waals surface area contributed by atoms with Crippen molar-refractivity contribution in [1.29, 1.82) is 0 Å². The lowest BCUT2D eigenvalue weighted by atomic mass is 9.66. The Kier molecular flexibility index (Phi) is 2.53. The second-order valence-electron chi connectivity index (χ2n) is 4.02. The molecule has 0 spiro atoms. The van der Waals surface area contributed by atoms with Gasteiger partial charge in [-0.3, -0.25) is 5.32 Å².